The van der Waals surface area contributed by atoms with Gasteiger partial charge in [-0.25, -0.2) is 8.78 Å². The van der Waals surface area contributed by atoms with Crippen LogP contribution in [0.3, 0.4) is 0 Å². The van der Waals surface area contributed by atoms with E-state index in [0.29, 0.717) is 18.1 Å². The molecule has 29 heavy (non-hydrogen) atoms. The lowest BCUT2D eigenvalue weighted by molar-refractivity contribution is 0.0738. The lowest BCUT2D eigenvalue weighted by Crippen LogP contribution is -2.13. The minimum Gasteiger partial charge on any atom is -0.490 e. The molecule has 4 heteroatoms. The minimum absolute atomic E-state index is 0.0593. The first-order valence-electron chi connectivity index (χ1n) is 10.1. The summed E-state index contributed by atoms with van der Waals surface area (Å²) in [5.74, 6) is -1.61. The zero-order valence-electron chi connectivity index (χ0n) is 18.5. The molecule has 0 aromatic heterocycles. The predicted molar refractivity (Wildman–Crippen MR) is 124 cm³/mol. The highest BCUT2D eigenvalue weighted by Gasteiger charge is 2.30. The van der Waals surface area contributed by atoms with Crippen molar-refractivity contribution in [1.29, 1.82) is 0 Å². The Kier molecular flexibility index (Phi) is 11.0. The van der Waals surface area contributed by atoms with Crippen LogP contribution in [0.4, 0.5) is 8.78 Å². The highest BCUT2D eigenvalue weighted by Crippen LogP contribution is 2.38. The molecule has 0 bridgehead atoms. The van der Waals surface area contributed by atoms with Crippen LogP contribution < -0.4 is 0 Å². The number of hydrogen-bond donors (Lipinski definition) is 0. The summed E-state index contributed by atoms with van der Waals surface area (Å²) in [4.78, 5) is 0.0593. The fraction of sp³-hybridized carbons (Fsp3) is 0.440. The van der Waals surface area contributed by atoms with Crippen LogP contribution >= 0.6 is 11.8 Å². The summed E-state index contributed by atoms with van der Waals surface area (Å²) in [6.07, 6.45) is 11.6. The van der Waals surface area contributed by atoms with Gasteiger partial charge in [-0.05, 0) is 54.4 Å². The largest absolute Gasteiger partial charge is 0.490 e. The summed E-state index contributed by atoms with van der Waals surface area (Å²) >= 11 is 1.09. The maximum absolute atomic E-state index is 14.2. The van der Waals surface area contributed by atoms with Crippen molar-refractivity contribution in [3.05, 3.63) is 76.4 Å². The zero-order chi connectivity index (χ0) is 21.9. The van der Waals surface area contributed by atoms with Gasteiger partial charge in [-0.1, -0.05) is 69.7 Å². The van der Waals surface area contributed by atoms with Gasteiger partial charge in [-0.15, -0.1) is 11.8 Å². The van der Waals surface area contributed by atoms with E-state index in [-0.39, 0.29) is 4.91 Å². The third kappa shape index (κ3) is 9.03. The molecule has 0 spiro atoms. The number of ether oxygens (including phenoxy) is 1. The molecule has 0 saturated heterocycles. The Morgan fingerprint density at radius 3 is 2.38 bits per heavy atom. The van der Waals surface area contributed by atoms with Crippen molar-refractivity contribution in [3.63, 3.8) is 0 Å². The van der Waals surface area contributed by atoms with Crippen LogP contribution in [0.25, 0.3) is 5.57 Å². The quantitative estimate of drug-likeness (QED) is 0.263. The van der Waals surface area contributed by atoms with Gasteiger partial charge in [0.1, 0.15) is 12.4 Å². The van der Waals surface area contributed by atoms with Gasteiger partial charge in [-0.2, -0.15) is 0 Å². The van der Waals surface area contributed by atoms with Crippen LogP contribution in [-0.4, -0.2) is 18.8 Å². The Hall–Kier alpha value is -1.81. The molecule has 0 aliphatic carbocycles. The molecule has 0 N–H and O–H groups in total. The van der Waals surface area contributed by atoms with Crippen molar-refractivity contribution in [2.75, 3.05) is 12.9 Å². The molecule has 1 aromatic carbocycles. The second-order valence-electron chi connectivity index (χ2n) is 7.24. The second kappa shape index (κ2) is 12.7. The molecule has 1 rings (SSSR count). The summed E-state index contributed by atoms with van der Waals surface area (Å²) in [5, 5.41) is 0. The number of hydrogen-bond acceptors (Lipinski definition) is 2. The average molecular weight is 421 g/mol. The van der Waals surface area contributed by atoms with Gasteiger partial charge < -0.3 is 4.74 Å². The lowest BCUT2D eigenvalue weighted by Gasteiger charge is -2.18. The van der Waals surface area contributed by atoms with Crippen molar-refractivity contribution in [1.82, 2.24) is 0 Å². The number of rotatable bonds is 11. The first-order valence-corrected chi connectivity index (χ1v) is 11.4. The van der Waals surface area contributed by atoms with Crippen LogP contribution in [-0.2, 0) is 4.74 Å². The number of thioether (sulfide) groups is 1. The molecule has 1 atom stereocenters. The van der Waals surface area contributed by atoms with Gasteiger partial charge in [-0.3, -0.25) is 0 Å². The van der Waals surface area contributed by atoms with Crippen LogP contribution in [0.1, 0.15) is 53.0 Å². The highest BCUT2D eigenvalue weighted by atomic mass is 32.2. The smallest absolute Gasteiger partial charge is 0.276 e. The lowest BCUT2D eigenvalue weighted by atomic mass is 10.0. The van der Waals surface area contributed by atoms with Gasteiger partial charge in [0.15, 0.2) is 0 Å². The van der Waals surface area contributed by atoms with E-state index in [1.165, 1.54) is 0 Å². The summed E-state index contributed by atoms with van der Waals surface area (Å²) in [6.45, 7) is 9.59. The van der Waals surface area contributed by atoms with E-state index in [4.69, 9.17) is 4.74 Å². The number of alkyl halides is 2. The zero-order valence-corrected chi connectivity index (χ0v) is 19.3. The maximum atomic E-state index is 14.2. The molecule has 0 radical (unpaired) electrons. The minimum atomic E-state index is -2.91. The van der Waals surface area contributed by atoms with E-state index in [1.807, 2.05) is 55.5 Å². The number of benzene rings is 1. The third-order valence-corrected chi connectivity index (χ3v) is 5.41. The monoisotopic (exact) mass is 420 g/mol. The fourth-order valence-corrected chi connectivity index (χ4v) is 3.44. The second-order valence-corrected chi connectivity index (χ2v) is 8.06. The van der Waals surface area contributed by atoms with Crippen LogP contribution in [0.15, 0.2) is 70.9 Å². The molecular weight excluding hydrogens is 386 g/mol. The average Bonchev–Trinajstić information content (AvgIpc) is 2.69. The Labute approximate surface area is 179 Å². The molecule has 1 aromatic rings. The Bertz CT molecular complexity index is 740. The summed E-state index contributed by atoms with van der Waals surface area (Å²) in [5.41, 5.74) is 2.21. The molecule has 0 aliphatic rings. The molecule has 0 amide bonds. The Morgan fingerprint density at radius 1 is 1.21 bits per heavy atom. The maximum Gasteiger partial charge on any atom is 0.276 e. The molecular formula is C25H34F2OS. The van der Waals surface area contributed by atoms with Crippen LogP contribution in [0.2, 0.25) is 0 Å². The van der Waals surface area contributed by atoms with Crippen molar-refractivity contribution in [2.45, 2.75) is 53.4 Å². The molecule has 0 heterocycles. The first kappa shape index (κ1) is 25.2. The Balaban J connectivity index is 3.15. The van der Waals surface area contributed by atoms with Crippen molar-refractivity contribution >= 4 is 17.3 Å². The Morgan fingerprint density at radius 2 is 1.86 bits per heavy atom. The van der Waals surface area contributed by atoms with E-state index in [1.54, 1.807) is 6.26 Å². The molecule has 0 saturated carbocycles. The predicted octanol–water partition coefficient (Wildman–Crippen LogP) is 8.28. The van der Waals surface area contributed by atoms with Gasteiger partial charge in [0.25, 0.3) is 5.92 Å². The first-order chi connectivity index (χ1) is 13.7. The highest BCUT2D eigenvalue weighted by molar-refractivity contribution is 8.02. The van der Waals surface area contributed by atoms with E-state index in [9.17, 15) is 8.78 Å². The normalized spacial score (nSPS) is 15.4. The van der Waals surface area contributed by atoms with Crippen LogP contribution in [0.5, 0.6) is 0 Å². The van der Waals surface area contributed by atoms with Gasteiger partial charge in [0.2, 0.25) is 0 Å². The van der Waals surface area contributed by atoms with Gasteiger partial charge in [0.05, 0.1) is 4.91 Å². The summed E-state index contributed by atoms with van der Waals surface area (Å²) in [7, 11) is 0. The molecule has 160 valence electrons. The van der Waals surface area contributed by atoms with E-state index >= 15 is 0 Å². The van der Waals surface area contributed by atoms with Crippen LogP contribution in [0, 0.1) is 5.92 Å². The number of allylic oxidation sites excluding steroid dienone is 6. The van der Waals surface area contributed by atoms with E-state index in [2.05, 4.69) is 26.8 Å². The van der Waals surface area contributed by atoms with Crippen molar-refractivity contribution in [3.8, 4) is 0 Å². The molecule has 1 unspecified atom stereocenters. The van der Waals surface area contributed by atoms with Gasteiger partial charge in [0, 0.05) is 6.92 Å². The fourth-order valence-electron chi connectivity index (χ4n) is 2.68. The topological polar surface area (TPSA) is 9.23 Å². The molecule has 0 aliphatic heterocycles. The SMILES string of the molecule is CC/C=C(\C=C/C(C)CC)OC/C(C)=C/C(=C(\SC)C(C)(F)F)c1ccccc1. The van der Waals surface area contributed by atoms with E-state index in [0.717, 1.165) is 48.4 Å². The van der Waals surface area contributed by atoms with Crippen molar-refractivity contribution < 1.29 is 13.5 Å². The third-order valence-electron chi connectivity index (χ3n) is 4.43. The number of halogens is 2. The standard InChI is InChI=1S/C25H34F2OS/c1-7-12-22(16-15-19(3)8-2)28-18-20(4)17-23(21-13-10-9-11-14-21)24(29-6)25(5,26)27/h9-17,19H,7-8,18H2,1-6H3/b16-15-,20-17+,22-12+,24-23+. The summed E-state index contributed by atoms with van der Waals surface area (Å²) < 4.78 is 34.4. The van der Waals surface area contributed by atoms with E-state index < -0.39 is 5.92 Å². The summed E-state index contributed by atoms with van der Waals surface area (Å²) in [6, 6.07) is 9.33. The molecule has 1 nitrogen and oxygen atoms in total. The van der Waals surface area contributed by atoms with Gasteiger partial charge >= 0.3 is 0 Å². The molecule has 0 fully saturated rings. The van der Waals surface area contributed by atoms with Crippen molar-refractivity contribution in [2.24, 2.45) is 5.92 Å².